The lowest BCUT2D eigenvalue weighted by Gasteiger charge is -2.23. The van der Waals surface area contributed by atoms with Gasteiger partial charge in [-0.25, -0.2) is 0 Å². The highest BCUT2D eigenvalue weighted by Gasteiger charge is 2.28. The lowest BCUT2D eigenvalue weighted by molar-refractivity contribution is -0.116. The predicted molar refractivity (Wildman–Crippen MR) is 107 cm³/mol. The van der Waals surface area contributed by atoms with E-state index in [1.807, 2.05) is 36.5 Å². The first-order valence-corrected chi connectivity index (χ1v) is 9.25. The number of hydrogen-bond acceptors (Lipinski definition) is 4. The Morgan fingerprint density at radius 3 is 2.68 bits per heavy atom. The Hall–Kier alpha value is -3.28. The summed E-state index contributed by atoms with van der Waals surface area (Å²) in [6.45, 7) is 4.52. The molecule has 6 heteroatoms. The molecule has 0 spiro atoms. The first kappa shape index (κ1) is 18.1. The Labute approximate surface area is 163 Å². The number of fused-ring (bicyclic) bond motifs is 1. The lowest BCUT2D eigenvalue weighted by atomic mass is 9.87. The molecule has 0 saturated heterocycles. The molecule has 0 bridgehead atoms. The molecule has 2 N–H and O–H groups in total. The van der Waals surface area contributed by atoms with Crippen molar-refractivity contribution >= 4 is 11.7 Å². The largest absolute Gasteiger partial charge is 0.496 e. The van der Waals surface area contributed by atoms with Gasteiger partial charge in [0.05, 0.1) is 7.11 Å². The van der Waals surface area contributed by atoms with Gasteiger partial charge in [0.25, 0.3) is 0 Å². The molecule has 0 saturated carbocycles. The third kappa shape index (κ3) is 3.58. The number of hydrogen-bond donors (Lipinski definition) is 2. The van der Waals surface area contributed by atoms with E-state index >= 15 is 0 Å². The van der Waals surface area contributed by atoms with Crippen LogP contribution in [0.4, 0.5) is 5.82 Å². The van der Waals surface area contributed by atoms with Crippen LogP contribution in [0.25, 0.3) is 0 Å². The van der Waals surface area contributed by atoms with Crippen molar-refractivity contribution in [3.8, 4) is 11.5 Å². The molecule has 1 aliphatic heterocycles. The van der Waals surface area contributed by atoms with Crippen molar-refractivity contribution in [3.63, 3.8) is 0 Å². The summed E-state index contributed by atoms with van der Waals surface area (Å²) in [6.07, 6.45) is 2.22. The van der Waals surface area contributed by atoms with Crippen LogP contribution < -0.4 is 14.8 Å². The van der Waals surface area contributed by atoms with E-state index in [4.69, 9.17) is 9.47 Å². The van der Waals surface area contributed by atoms with Gasteiger partial charge in [0.15, 0.2) is 5.82 Å². The van der Waals surface area contributed by atoms with Crippen molar-refractivity contribution in [1.29, 1.82) is 0 Å². The van der Waals surface area contributed by atoms with Crippen LogP contribution >= 0.6 is 0 Å². The monoisotopic (exact) mass is 377 g/mol. The number of amides is 1. The molecule has 2 aromatic carbocycles. The molecule has 1 atom stereocenters. The quantitative estimate of drug-likeness (QED) is 0.702. The van der Waals surface area contributed by atoms with E-state index in [9.17, 15) is 4.79 Å². The molecule has 28 heavy (non-hydrogen) atoms. The van der Waals surface area contributed by atoms with Crippen molar-refractivity contribution in [2.24, 2.45) is 0 Å². The van der Waals surface area contributed by atoms with E-state index in [1.165, 1.54) is 11.1 Å². The predicted octanol–water partition coefficient (Wildman–Crippen LogP) is 4.09. The second kappa shape index (κ2) is 7.38. The molecule has 2 heterocycles. The molecule has 1 aliphatic rings. The van der Waals surface area contributed by atoms with E-state index in [0.717, 1.165) is 28.2 Å². The average Bonchev–Trinajstić information content (AvgIpc) is 3.13. The smallest absolute Gasteiger partial charge is 0.226 e. The molecule has 3 aromatic rings. The maximum Gasteiger partial charge on any atom is 0.226 e. The van der Waals surface area contributed by atoms with E-state index in [2.05, 4.69) is 35.4 Å². The van der Waals surface area contributed by atoms with Crippen molar-refractivity contribution in [2.45, 2.75) is 32.8 Å². The zero-order chi connectivity index (χ0) is 19.7. The molecule has 6 nitrogen and oxygen atoms in total. The molecule has 1 unspecified atom stereocenters. The van der Waals surface area contributed by atoms with Gasteiger partial charge in [-0.1, -0.05) is 18.2 Å². The van der Waals surface area contributed by atoms with Crippen LogP contribution in [-0.4, -0.2) is 23.2 Å². The van der Waals surface area contributed by atoms with Gasteiger partial charge in [-0.05, 0) is 48.7 Å². The van der Waals surface area contributed by atoms with Gasteiger partial charge < -0.3 is 14.8 Å². The first-order chi connectivity index (χ1) is 13.5. The molecule has 144 valence electrons. The molecule has 4 rings (SSSR count). The van der Waals surface area contributed by atoms with Gasteiger partial charge in [-0.15, -0.1) is 0 Å². The normalized spacial score (nSPS) is 15.7. The van der Waals surface area contributed by atoms with Gasteiger partial charge in [0.1, 0.15) is 18.1 Å². The standard InChI is InChI=1S/C22H23N3O3/c1-13-6-14(2)8-17(7-13)28-12-16-5-4-15(9-20(16)27-3)18-10-21(26)24-22-19(18)11-23-25-22/h4-9,11,18H,10,12H2,1-3H3,(H2,23,24,25,26). The lowest BCUT2D eigenvalue weighted by Crippen LogP contribution is -2.23. The number of nitrogens with one attached hydrogen (secondary N) is 2. The van der Waals surface area contributed by atoms with Crippen molar-refractivity contribution in [1.82, 2.24) is 10.2 Å². The fourth-order valence-corrected chi connectivity index (χ4v) is 3.72. The summed E-state index contributed by atoms with van der Waals surface area (Å²) < 4.78 is 11.6. The zero-order valence-corrected chi connectivity index (χ0v) is 16.2. The minimum atomic E-state index is -0.0502. The summed E-state index contributed by atoms with van der Waals surface area (Å²) in [5, 5.41) is 9.74. The molecule has 1 aromatic heterocycles. The minimum absolute atomic E-state index is 0.0363. The number of carbonyl (C=O) groups excluding carboxylic acids is 1. The topological polar surface area (TPSA) is 76.2 Å². The molecule has 0 fully saturated rings. The number of benzene rings is 2. The highest BCUT2D eigenvalue weighted by molar-refractivity contribution is 5.94. The van der Waals surface area contributed by atoms with E-state index < -0.39 is 0 Å². The van der Waals surface area contributed by atoms with Crippen LogP contribution in [0.1, 0.15) is 40.2 Å². The van der Waals surface area contributed by atoms with Gasteiger partial charge >= 0.3 is 0 Å². The Morgan fingerprint density at radius 2 is 1.93 bits per heavy atom. The maximum absolute atomic E-state index is 12.0. The fraction of sp³-hybridized carbons (Fsp3) is 0.273. The van der Waals surface area contributed by atoms with Gasteiger partial charge in [0.2, 0.25) is 5.91 Å². The Kier molecular flexibility index (Phi) is 4.77. The summed E-state index contributed by atoms with van der Waals surface area (Å²) in [5.41, 5.74) is 5.30. The van der Waals surface area contributed by atoms with Crippen LogP contribution in [0.3, 0.4) is 0 Å². The van der Waals surface area contributed by atoms with E-state index in [1.54, 1.807) is 7.11 Å². The highest BCUT2D eigenvalue weighted by atomic mass is 16.5. The van der Waals surface area contributed by atoms with Gasteiger partial charge in [-0.3, -0.25) is 9.89 Å². The summed E-state index contributed by atoms with van der Waals surface area (Å²) in [4.78, 5) is 12.0. The number of ether oxygens (including phenoxy) is 2. The highest BCUT2D eigenvalue weighted by Crippen LogP contribution is 2.37. The fourth-order valence-electron chi connectivity index (χ4n) is 3.72. The number of anilines is 1. The number of nitrogens with zero attached hydrogens (tertiary/aromatic N) is 1. The third-order valence-corrected chi connectivity index (χ3v) is 5.00. The average molecular weight is 377 g/mol. The molecular formula is C22H23N3O3. The second-order valence-corrected chi connectivity index (χ2v) is 7.18. The number of methoxy groups -OCH3 is 1. The van der Waals surface area contributed by atoms with Crippen LogP contribution in [0, 0.1) is 13.8 Å². The van der Waals surface area contributed by atoms with Crippen LogP contribution in [0.5, 0.6) is 11.5 Å². The van der Waals surface area contributed by atoms with E-state index in [-0.39, 0.29) is 11.8 Å². The van der Waals surface area contributed by atoms with Gasteiger partial charge in [-0.2, -0.15) is 5.10 Å². The maximum atomic E-state index is 12.0. The SMILES string of the molecule is COc1cc(C2CC(=O)Nc3n[nH]cc32)ccc1COc1cc(C)cc(C)c1. The van der Waals surface area contributed by atoms with Crippen molar-refractivity contribution in [2.75, 3.05) is 12.4 Å². The molecule has 1 amide bonds. The Balaban J connectivity index is 1.58. The Bertz CT molecular complexity index is 1010. The summed E-state index contributed by atoms with van der Waals surface area (Å²) in [5.74, 6) is 2.10. The first-order valence-electron chi connectivity index (χ1n) is 9.25. The molecular weight excluding hydrogens is 354 g/mol. The number of rotatable bonds is 5. The Morgan fingerprint density at radius 1 is 1.14 bits per heavy atom. The zero-order valence-electron chi connectivity index (χ0n) is 16.2. The van der Waals surface area contributed by atoms with Crippen LogP contribution in [0.15, 0.2) is 42.6 Å². The third-order valence-electron chi connectivity index (χ3n) is 5.00. The number of aromatic nitrogens is 2. The summed E-state index contributed by atoms with van der Waals surface area (Å²) in [6, 6.07) is 12.2. The molecule has 0 radical (unpaired) electrons. The van der Waals surface area contributed by atoms with Crippen LogP contribution in [0.2, 0.25) is 0 Å². The second-order valence-electron chi connectivity index (χ2n) is 7.18. The number of aryl methyl sites for hydroxylation is 2. The van der Waals surface area contributed by atoms with Crippen molar-refractivity contribution in [3.05, 3.63) is 70.4 Å². The number of carbonyl (C=O) groups is 1. The number of H-pyrrole nitrogens is 1. The molecule has 0 aliphatic carbocycles. The summed E-state index contributed by atoms with van der Waals surface area (Å²) >= 11 is 0. The van der Waals surface area contributed by atoms with Crippen molar-refractivity contribution < 1.29 is 14.3 Å². The van der Waals surface area contributed by atoms with Crippen LogP contribution in [-0.2, 0) is 11.4 Å². The minimum Gasteiger partial charge on any atom is -0.496 e. The summed E-state index contributed by atoms with van der Waals surface area (Å²) in [7, 11) is 1.65. The number of aromatic amines is 1. The van der Waals surface area contributed by atoms with Gasteiger partial charge in [0, 0.05) is 29.7 Å². The van der Waals surface area contributed by atoms with E-state index in [0.29, 0.717) is 18.8 Å².